The summed E-state index contributed by atoms with van der Waals surface area (Å²) in [7, 11) is 0. The van der Waals surface area contributed by atoms with Gasteiger partial charge < -0.3 is 5.11 Å². The average molecular weight is 270 g/mol. The van der Waals surface area contributed by atoms with E-state index in [1.807, 2.05) is 0 Å². The number of aromatic carboxylic acids is 1. The van der Waals surface area contributed by atoms with Gasteiger partial charge in [0.2, 0.25) is 0 Å². The minimum absolute atomic E-state index is 0.231. The summed E-state index contributed by atoms with van der Waals surface area (Å²) in [6.07, 6.45) is 0. The molecule has 8 heteroatoms. The molecule has 0 heterocycles. The van der Waals surface area contributed by atoms with Crippen LogP contribution in [0.15, 0.2) is 6.07 Å². The van der Waals surface area contributed by atoms with Crippen molar-refractivity contribution < 1.29 is 14.8 Å². The molecule has 0 unspecified atom stereocenters. The van der Waals surface area contributed by atoms with E-state index in [4.69, 9.17) is 39.9 Å². The van der Waals surface area contributed by atoms with Crippen LogP contribution in [0.25, 0.3) is 0 Å². The molecule has 5 nitrogen and oxygen atoms in total. The molecule has 0 spiro atoms. The predicted molar refractivity (Wildman–Crippen MR) is 55.1 cm³/mol. The first-order valence-electron chi connectivity index (χ1n) is 3.41. The third kappa shape index (κ3) is 2.14. The van der Waals surface area contributed by atoms with Crippen LogP contribution in [-0.2, 0) is 0 Å². The third-order valence-electron chi connectivity index (χ3n) is 1.55. The normalized spacial score (nSPS) is 10.1. The van der Waals surface area contributed by atoms with Gasteiger partial charge in [0.05, 0.1) is 15.5 Å². The fourth-order valence-electron chi connectivity index (χ4n) is 0.906. The van der Waals surface area contributed by atoms with E-state index < -0.39 is 27.2 Å². The van der Waals surface area contributed by atoms with Crippen LogP contribution >= 0.6 is 34.8 Å². The van der Waals surface area contributed by atoms with Crippen molar-refractivity contribution in [2.24, 2.45) is 0 Å². The highest BCUT2D eigenvalue weighted by molar-refractivity contribution is 6.46. The molecule has 0 amide bonds. The molecule has 0 atom stereocenters. The number of carboxylic acid groups (broad SMARTS) is 1. The first kappa shape index (κ1) is 12.0. The molecule has 0 aliphatic carbocycles. The summed E-state index contributed by atoms with van der Waals surface area (Å²) in [4.78, 5) is 20.3. The molecule has 1 rings (SSSR count). The Hall–Kier alpha value is -1.04. The predicted octanol–water partition coefficient (Wildman–Crippen LogP) is 3.25. The maximum atomic E-state index is 10.7. The minimum Gasteiger partial charge on any atom is -0.478 e. The van der Waals surface area contributed by atoms with E-state index in [1.165, 1.54) is 0 Å². The first-order chi connectivity index (χ1) is 6.86. The van der Waals surface area contributed by atoms with E-state index in [-0.39, 0.29) is 10.0 Å². The number of rotatable bonds is 2. The van der Waals surface area contributed by atoms with Crippen molar-refractivity contribution in [1.82, 2.24) is 0 Å². The monoisotopic (exact) mass is 269 g/mol. The lowest BCUT2D eigenvalue weighted by molar-refractivity contribution is -0.384. The van der Waals surface area contributed by atoms with Gasteiger partial charge in [-0.3, -0.25) is 10.1 Å². The van der Waals surface area contributed by atoms with Gasteiger partial charge in [0, 0.05) is 0 Å². The van der Waals surface area contributed by atoms with Crippen molar-refractivity contribution in [1.29, 1.82) is 0 Å². The van der Waals surface area contributed by atoms with Crippen molar-refractivity contribution in [2.45, 2.75) is 0 Å². The van der Waals surface area contributed by atoms with Crippen LogP contribution in [0.4, 0.5) is 5.69 Å². The van der Waals surface area contributed by atoms with Crippen molar-refractivity contribution in [3.05, 3.63) is 36.8 Å². The summed E-state index contributed by atoms with van der Waals surface area (Å²) in [6, 6.07) is 0.960. The molecule has 15 heavy (non-hydrogen) atoms. The second-order valence-electron chi connectivity index (χ2n) is 2.44. The van der Waals surface area contributed by atoms with E-state index in [0.29, 0.717) is 0 Å². The zero-order valence-corrected chi connectivity index (χ0v) is 9.10. The minimum atomic E-state index is -1.42. The lowest BCUT2D eigenvalue weighted by Crippen LogP contribution is -2.01. The van der Waals surface area contributed by atoms with Crippen LogP contribution in [0, 0.1) is 10.1 Å². The highest BCUT2D eigenvalue weighted by atomic mass is 35.5. The molecule has 0 fully saturated rings. The molecule has 0 bridgehead atoms. The zero-order valence-electron chi connectivity index (χ0n) is 6.83. The highest BCUT2D eigenvalue weighted by Crippen LogP contribution is 2.40. The second kappa shape index (κ2) is 4.22. The Balaban J connectivity index is 3.63. The number of hydrogen-bond acceptors (Lipinski definition) is 3. The Morgan fingerprint density at radius 3 is 2.27 bits per heavy atom. The lowest BCUT2D eigenvalue weighted by atomic mass is 10.2. The molecule has 1 aromatic rings. The Morgan fingerprint density at radius 1 is 1.33 bits per heavy atom. The van der Waals surface area contributed by atoms with Gasteiger partial charge in [-0.25, -0.2) is 4.79 Å². The third-order valence-corrected chi connectivity index (χ3v) is 2.71. The van der Waals surface area contributed by atoms with Crippen LogP contribution in [-0.4, -0.2) is 16.0 Å². The molecule has 0 aliphatic heterocycles. The molecular weight excluding hydrogens is 268 g/mol. The van der Waals surface area contributed by atoms with Gasteiger partial charge in [-0.2, -0.15) is 0 Å². The summed E-state index contributed by atoms with van der Waals surface area (Å²) in [5, 5.41) is 18.1. The maximum absolute atomic E-state index is 10.7. The summed E-state index contributed by atoms with van der Waals surface area (Å²) in [6.45, 7) is 0. The number of carboxylic acids is 1. The molecule has 0 aromatic heterocycles. The van der Waals surface area contributed by atoms with E-state index >= 15 is 0 Å². The van der Waals surface area contributed by atoms with Crippen molar-refractivity contribution in [3.8, 4) is 0 Å². The van der Waals surface area contributed by atoms with E-state index in [2.05, 4.69) is 0 Å². The number of nitro groups is 1. The fourth-order valence-corrected chi connectivity index (χ4v) is 1.67. The summed E-state index contributed by atoms with van der Waals surface area (Å²) >= 11 is 16.6. The zero-order chi connectivity index (χ0) is 11.7. The maximum Gasteiger partial charge on any atom is 0.337 e. The topological polar surface area (TPSA) is 80.4 Å². The smallest absolute Gasteiger partial charge is 0.337 e. The van der Waals surface area contributed by atoms with E-state index in [9.17, 15) is 14.9 Å². The molecule has 0 radical (unpaired) electrons. The molecule has 1 N–H and O–H groups in total. The van der Waals surface area contributed by atoms with Gasteiger partial charge in [-0.1, -0.05) is 34.8 Å². The molecule has 0 saturated heterocycles. The van der Waals surface area contributed by atoms with Crippen LogP contribution < -0.4 is 0 Å². The van der Waals surface area contributed by atoms with Crippen LogP contribution in [0.1, 0.15) is 10.4 Å². The fraction of sp³-hybridized carbons (Fsp3) is 0. The number of nitro benzene ring substituents is 1. The van der Waals surface area contributed by atoms with Gasteiger partial charge in [-0.15, -0.1) is 0 Å². The Kier molecular flexibility index (Phi) is 3.38. The highest BCUT2D eigenvalue weighted by Gasteiger charge is 2.26. The summed E-state index contributed by atoms with van der Waals surface area (Å²) in [5.74, 6) is -1.42. The van der Waals surface area contributed by atoms with Gasteiger partial charge >= 0.3 is 11.7 Å². The van der Waals surface area contributed by atoms with E-state index in [0.717, 1.165) is 6.07 Å². The number of halogens is 3. The van der Waals surface area contributed by atoms with Crippen molar-refractivity contribution in [3.63, 3.8) is 0 Å². The Labute approximate surface area is 98.3 Å². The Bertz CT molecular complexity index is 460. The number of nitrogens with zero attached hydrogens (tertiary/aromatic N) is 1. The molecule has 0 aliphatic rings. The van der Waals surface area contributed by atoms with E-state index in [1.54, 1.807) is 0 Å². The standard InChI is InChI=1S/C7H2Cl3NO4/c8-3-1-2(7(12)13)4(9)6(5(3)10)11(14)15/h1H,(H,12,13). The van der Waals surface area contributed by atoms with Crippen LogP contribution in [0.5, 0.6) is 0 Å². The van der Waals surface area contributed by atoms with Crippen LogP contribution in [0.2, 0.25) is 15.1 Å². The van der Waals surface area contributed by atoms with Gasteiger partial charge in [0.15, 0.2) is 0 Å². The quantitative estimate of drug-likeness (QED) is 0.508. The average Bonchev–Trinajstić information content (AvgIpc) is 2.10. The molecular formula is C7H2Cl3NO4. The van der Waals surface area contributed by atoms with Crippen molar-refractivity contribution >= 4 is 46.5 Å². The van der Waals surface area contributed by atoms with Gasteiger partial charge in [0.1, 0.15) is 10.0 Å². The second-order valence-corrected chi connectivity index (χ2v) is 3.61. The number of carbonyl (C=O) groups is 1. The number of benzene rings is 1. The molecule has 1 aromatic carbocycles. The van der Waals surface area contributed by atoms with Gasteiger partial charge in [-0.05, 0) is 6.07 Å². The first-order valence-corrected chi connectivity index (χ1v) is 4.54. The van der Waals surface area contributed by atoms with Gasteiger partial charge in [0.25, 0.3) is 0 Å². The Morgan fingerprint density at radius 2 is 1.87 bits per heavy atom. The summed E-state index contributed by atoms with van der Waals surface area (Å²) in [5.41, 5.74) is -1.17. The largest absolute Gasteiger partial charge is 0.478 e. The van der Waals surface area contributed by atoms with Crippen LogP contribution in [0.3, 0.4) is 0 Å². The molecule has 0 saturated carbocycles. The van der Waals surface area contributed by atoms with Crippen molar-refractivity contribution in [2.75, 3.05) is 0 Å². The summed E-state index contributed by atoms with van der Waals surface area (Å²) < 4.78 is 0. The SMILES string of the molecule is O=C(O)c1cc(Cl)c(Cl)c([N+](=O)[O-])c1Cl. The molecule has 80 valence electrons. The number of hydrogen-bond donors (Lipinski definition) is 1. The lowest BCUT2D eigenvalue weighted by Gasteiger charge is -2.03.